The molecule has 2 fully saturated rings. The van der Waals surface area contributed by atoms with Crippen LogP contribution in [0.4, 0.5) is 0 Å². The van der Waals surface area contributed by atoms with Crippen LogP contribution in [0.3, 0.4) is 0 Å². The van der Waals surface area contributed by atoms with Gasteiger partial charge in [0.2, 0.25) is 0 Å². The number of nitrogens with one attached hydrogen (secondary N) is 1. The van der Waals surface area contributed by atoms with E-state index in [2.05, 4.69) is 16.5 Å². The zero-order valence-electron chi connectivity index (χ0n) is 10.6. The van der Waals surface area contributed by atoms with Crippen LogP contribution >= 0.6 is 0 Å². The third-order valence-corrected chi connectivity index (χ3v) is 4.20. The van der Waals surface area contributed by atoms with Crippen molar-refractivity contribution in [3.05, 3.63) is 17.5 Å². The standard InChI is InChI=1S/C13H21N3O/c1-9-5-12(16(2)15-9)8-13(17)6-10-3-4-11(7-13)14-10/h5,10-11,14,17H,3-4,6-8H2,1-2H3. The van der Waals surface area contributed by atoms with Crippen LogP contribution in [0.2, 0.25) is 0 Å². The lowest BCUT2D eigenvalue weighted by Crippen LogP contribution is -2.49. The van der Waals surface area contributed by atoms with Gasteiger partial charge < -0.3 is 10.4 Å². The number of fused-ring (bicyclic) bond motifs is 2. The highest BCUT2D eigenvalue weighted by Crippen LogP contribution is 2.35. The molecule has 0 saturated carbocycles. The maximum absolute atomic E-state index is 10.8. The molecule has 0 radical (unpaired) electrons. The van der Waals surface area contributed by atoms with E-state index >= 15 is 0 Å². The SMILES string of the molecule is Cc1cc(CC2(O)CC3CCC(C2)N3)n(C)n1. The molecule has 0 aliphatic carbocycles. The number of hydrogen-bond acceptors (Lipinski definition) is 3. The van der Waals surface area contributed by atoms with Crippen LogP contribution in [0.5, 0.6) is 0 Å². The van der Waals surface area contributed by atoms with Gasteiger partial charge in [-0.1, -0.05) is 0 Å². The van der Waals surface area contributed by atoms with Crippen molar-refractivity contribution in [2.45, 2.75) is 56.7 Å². The first-order valence-corrected chi connectivity index (χ1v) is 6.52. The molecule has 0 amide bonds. The zero-order valence-corrected chi connectivity index (χ0v) is 10.6. The second kappa shape index (κ2) is 3.82. The smallest absolute Gasteiger partial charge is 0.0732 e. The van der Waals surface area contributed by atoms with E-state index in [4.69, 9.17) is 0 Å². The minimum absolute atomic E-state index is 0.521. The van der Waals surface area contributed by atoms with Crippen molar-refractivity contribution < 1.29 is 5.11 Å². The van der Waals surface area contributed by atoms with Crippen molar-refractivity contribution in [1.29, 1.82) is 0 Å². The van der Waals surface area contributed by atoms with E-state index in [1.807, 2.05) is 18.7 Å². The first kappa shape index (κ1) is 11.2. The van der Waals surface area contributed by atoms with Gasteiger partial charge in [-0.15, -0.1) is 0 Å². The van der Waals surface area contributed by atoms with Crippen LogP contribution in [0, 0.1) is 6.92 Å². The quantitative estimate of drug-likeness (QED) is 0.801. The van der Waals surface area contributed by atoms with Crippen LogP contribution in [0.25, 0.3) is 0 Å². The Labute approximate surface area is 102 Å². The zero-order chi connectivity index (χ0) is 12.0. The molecular formula is C13H21N3O. The van der Waals surface area contributed by atoms with Gasteiger partial charge in [0.05, 0.1) is 11.3 Å². The predicted octanol–water partition coefficient (Wildman–Crippen LogP) is 0.917. The number of hydrogen-bond donors (Lipinski definition) is 2. The summed E-state index contributed by atoms with van der Waals surface area (Å²) in [4.78, 5) is 0. The average Bonchev–Trinajstić information content (AvgIpc) is 2.70. The van der Waals surface area contributed by atoms with E-state index in [-0.39, 0.29) is 0 Å². The summed E-state index contributed by atoms with van der Waals surface area (Å²) in [5.74, 6) is 0. The minimum Gasteiger partial charge on any atom is -0.389 e. The maximum atomic E-state index is 10.8. The largest absolute Gasteiger partial charge is 0.389 e. The number of nitrogens with zero attached hydrogens (tertiary/aromatic N) is 2. The van der Waals surface area contributed by atoms with Gasteiger partial charge in [-0.2, -0.15) is 5.10 Å². The van der Waals surface area contributed by atoms with E-state index in [1.54, 1.807) is 0 Å². The molecule has 2 bridgehead atoms. The second-order valence-electron chi connectivity index (χ2n) is 5.85. The summed E-state index contributed by atoms with van der Waals surface area (Å²) in [5.41, 5.74) is 1.64. The highest BCUT2D eigenvalue weighted by Gasteiger charge is 2.42. The van der Waals surface area contributed by atoms with Gasteiger partial charge in [0.1, 0.15) is 0 Å². The van der Waals surface area contributed by atoms with Gasteiger partial charge in [0.25, 0.3) is 0 Å². The van der Waals surface area contributed by atoms with Crippen molar-refractivity contribution in [1.82, 2.24) is 15.1 Å². The Morgan fingerprint density at radius 2 is 2.12 bits per heavy atom. The molecule has 2 unspecified atom stereocenters. The molecule has 1 aromatic heterocycles. The number of aromatic nitrogens is 2. The number of piperidine rings is 1. The van der Waals surface area contributed by atoms with E-state index < -0.39 is 5.60 Å². The summed E-state index contributed by atoms with van der Waals surface area (Å²) >= 11 is 0. The van der Waals surface area contributed by atoms with Crippen molar-refractivity contribution in [2.24, 2.45) is 7.05 Å². The first-order chi connectivity index (χ1) is 8.04. The Balaban J connectivity index is 1.78. The van der Waals surface area contributed by atoms with E-state index in [0.717, 1.165) is 30.7 Å². The van der Waals surface area contributed by atoms with Gasteiger partial charge >= 0.3 is 0 Å². The molecule has 1 aromatic rings. The van der Waals surface area contributed by atoms with Crippen molar-refractivity contribution in [3.63, 3.8) is 0 Å². The lowest BCUT2D eigenvalue weighted by molar-refractivity contribution is -0.00754. The lowest BCUT2D eigenvalue weighted by atomic mass is 9.83. The average molecular weight is 235 g/mol. The van der Waals surface area contributed by atoms with Crippen LogP contribution in [-0.4, -0.2) is 32.6 Å². The van der Waals surface area contributed by atoms with Crippen LogP contribution in [0.1, 0.15) is 37.1 Å². The molecule has 2 atom stereocenters. The molecule has 17 heavy (non-hydrogen) atoms. The lowest BCUT2D eigenvalue weighted by Gasteiger charge is -2.37. The first-order valence-electron chi connectivity index (χ1n) is 6.52. The molecule has 3 rings (SSSR count). The highest BCUT2D eigenvalue weighted by atomic mass is 16.3. The Hall–Kier alpha value is -0.870. The predicted molar refractivity (Wildman–Crippen MR) is 65.8 cm³/mol. The molecule has 0 spiro atoms. The summed E-state index contributed by atoms with van der Waals surface area (Å²) in [6.07, 6.45) is 4.94. The Bertz CT molecular complexity index is 414. The minimum atomic E-state index is -0.530. The van der Waals surface area contributed by atoms with Gasteiger partial charge in [-0.05, 0) is 38.7 Å². The molecule has 2 N–H and O–H groups in total. The number of aryl methyl sites for hydroxylation is 2. The van der Waals surface area contributed by atoms with Crippen molar-refractivity contribution >= 4 is 0 Å². The molecule has 4 heteroatoms. The van der Waals surface area contributed by atoms with Crippen LogP contribution in [-0.2, 0) is 13.5 Å². The van der Waals surface area contributed by atoms with E-state index in [9.17, 15) is 5.11 Å². The topological polar surface area (TPSA) is 50.1 Å². The second-order valence-corrected chi connectivity index (χ2v) is 5.85. The van der Waals surface area contributed by atoms with E-state index in [0.29, 0.717) is 12.1 Å². The fourth-order valence-electron chi connectivity index (χ4n) is 3.54. The molecule has 2 aliphatic heterocycles. The number of rotatable bonds is 2. The van der Waals surface area contributed by atoms with Gasteiger partial charge in [0.15, 0.2) is 0 Å². The molecule has 0 aromatic carbocycles. The molecule has 3 heterocycles. The number of aliphatic hydroxyl groups is 1. The van der Waals surface area contributed by atoms with Gasteiger partial charge in [0, 0.05) is 31.2 Å². The summed E-state index contributed by atoms with van der Waals surface area (Å²) in [6.45, 7) is 2.00. The normalized spacial score (nSPS) is 36.4. The molecular weight excluding hydrogens is 214 g/mol. The van der Waals surface area contributed by atoms with E-state index in [1.165, 1.54) is 12.8 Å². The van der Waals surface area contributed by atoms with Crippen LogP contribution < -0.4 is 5.32 Å². The van der Waals surface area contributed by atoms with Crippen LogP contribution in [0.15, 0.2) is 6.07 Å². The Morgan fingerprint density at radius 3 is 2.65 bits per heavy atom. The summed E-state index contributed by atoms with van der Waals surface area (Å²) in [7, 11) is 1.96. The summed E-state index contributed by atoms with van der Waals surface area (Å²) in [6, 6.07) is 3.13. The monoisotopic (exact) mass is 235 g/mol. The Morgan fingerprint density at radius 1 is 1.47 bits per heavy atom. The molecule has 2 aliphatic rings. The third kappa shape index (κ3) is 2.11. The Kier molecular flexibility index (Phi) is 2.52. The molecule has 2 saturated heterocycles. The highest BCUT2D eigenvalue weighted by molar-refractivity contribution is 5.13. The molecule has 94 valence electrons. The van der Waals surface area contributed by atoms with Crippen molar-refractivity contribution in [2.75, 3.05) is 0 Å². The van der Waals surface area contributed by atoms with Crippen molar-refractivity contribution in [3.8, 4) is 0 Å². The summed E-state index contributed by atoms with van der Waals surface area (Å²) in [5, 5.41) is 18.7. The fraction of sp³-hybridized carbons (Fsp3) is 0.769. The maximum Gasteiger partial charge on any atom is 0.0732 e. The fourth-order valence-corrected chi connectivity index (χ4v) is 3.54. The molecule has 4 nitrogen and oxygen atoms in total. The van der Waals surface area contributed by atoms with Gasteiger partial charge in [-0.3, -0.25) is 4.68 Å². The third-order valence-electron chi connectivity index (χ3n) is 4.20. The van der Waals surface area contributed by atoms with Gasteiger partial charge in [-0.25, -0.2) is 0 Å². The summed E-state index contributed by atoms with van der Waals surface area (Å²) < 4.78 is 1.90.